The summed E-state index contributed by atoms with van der Waals surface area (Å²) < 4.78 is 25.1. The van der Waals surface area contributed by atoms with E-state index in [-0.39, 0.29) is 6.54 Å². The van der Waals surface area contributed by atoms with Gasteiger partial charge in [0.05, 0.1) is 24.8 Å². The van der Waals surface area contributed by atoms with Gasteiger partial charge in [0.2, 0.25) is 0 Å². The lowest BCUT2D eigenvalue weighted by atomic mass is 10.1. The Kier molecular flexibility index (Phi) is 9.62. The van der Waals surface area contributed by atoms with Crippen LogP contribution >= 0.6 is 0 Å². The van der Waals surface area contributed by atoms with E-state index >= 15 is 0 Å². The molecule has 0 amide bonds. The Hall–Kier alpha value is -3.11. The van der Waals surface area contributed by atoms with E-state index in [1.165, 1.54) is 6.07 Å². The first-order valence-corrected chi connectivity index (χ1v) is 9.99. The summed E-state index contributed by atoms with van der Waals surface area (Å²) in [5.74, 6) is 0.971. The maximum absolute atomic E-state index is 14.1. The molecule has 0 fully saturated rings. The third-order valence-electron chi connectivity index (χ3n) is 4.35. The molecule has 0 bridgehead atoms. The summed E-state index contributed by atoms with van der Waals surface area (Å²) in [6.07, 6.45) is 0.813. The van der Waals surface area contributed by atoms with Crippen LogP contribution in [0.1, 0.15) is 35.6 Å². The largest absolute Gasteiger partial charge is 0.493 e. The molecule has 2 rings (SSSR count). The van der Waals surface area contributed by atoms with Crippen molar-refractivity contribution >= 4 is 5.96 Å². The Morgan fingerprint density at radius 3 is 2.63 bits per heavy atom. The van der Waals surface area contributed by atoms with Gasteiger partial charge in [-0.2, -0.15) is 5.26 Å². The predicted octanol–water partition coefficient (Wildman–Crippen LogP) is 3.68. The standard InChI is InChI=1S/C23H29FN4O2/c1-4-26-23(27-15-19-9-7-18(14-25)13-21(19)24)28-16-20-8-6-17(2)12-22(20)30-11-5-10-29-3/h6-9,12-13H,4-5,10-11,15-16H2,1-3H3,(H2,26,27,28). The molecule has 0 saturated heterocycles. The zero-order valence-electron chi connectivity index (χ0n) is 17.8. The molecule has 30 heavy (non-hydrogen) atoms. The summed E-state index contributed by atoms with van der Waals surface area (Å²) >= 11 is 0. The molecule has 2 N–H and O–H groups in total. The lowest BCUT2D eigenvalue weighted by molar-refractivity contribution is 0.172. The van der Waals surface area contributed by atoms with Crippen LogP contribution < -0.4 is 15.4 Å². The summed E-state index contributed by atoms with van der Waals surface area (Å²) in [5.41, 5.74) is 2.86. The van der Waals surface area contributed by atoms with Crippen molar-refractivity contribution in [2.45, 2.75) is 33.4 Å². The highest BCUT2D eigenvalue weighted by Gasteiger charge is 2.07. The van der Waals surface area contributed by atoms with Crippen LogP contribution in [-0.2, 0) is 17.8 Å². The third kappa shape index (κ3) is 7.37. The van der Waals surface area contributed by atoms with Crippen LogP contribution in [0.5, 0.6) is 5.75 Å². The summed E-state index contributed by atoms with van der Waals surface area (Å²) in [7, 11) is 1.67. The molecule has 0 aliphatic heterocycles. The molecule has 0 unspecified atom stereocenters. The van der Waals surface area contributed by atoms with Crippen molar-refractivity contribution in [3.63, 3.8) is 0 Å². The van der Waals surface area contributed by atoms with Gasteiger partial charge in [-0.3, -0.25) is 0 Å². The molecule has 2 aromatic carbocycles. The van der Waals surface area contributed by atoms with Crippen LogP contribution in [-0.4, -0.2) is 32.8 Å². The van der Waals surface area contributed by atoms with Crippen molar-refractivity contribution in [3.05, 3.63) is 64.5 Å². The van der Waals surface area contributed by atoms with E-state index in [1.54, 1.807) is 19.2 Å². The zero-order valence-corrected chi connectivity index (χ0v) is 17.8. The molecule has 7 heteroatoms. The van der Waals surface area contributed by atoms with Gasteiger partial charge in [-0.15, -0.1) is 0 Å². The van der Waals surface area contributed by atoms with Gasteiger partial charge in [0.1, 0.15) is 11.6 Å². The van der Waals surface area contributed by atoms with E-state index in [0.29, 0.717) is 43.4 Å². The number of hydrogen-bond acceptors (Lipinski definition) is 4. The average molecular weight is 413 g/mol. The van der Waals surface area contributed by atoms with Gasteiger partial charge in [0.15, 0.2) is 5.96 Å². The Bertz CT molecular complexity index is 893. The Labute approximate surface area is 177 Å². The molecule has 0 aromatic heterocycles. The lowest BCUT2D eigenvalue weighted by Gasteiger charge is -2.14. The molecule has 2 aromatic rings. The van der Waals surface area contributed by atoms with Crippen molar-refractivity contribution in [1.82, 2.24) is 10.6 Å². The summed E-state index contributed by atoms with van der Waals surface area (Å²) in [6.45, 7) is 6.57. The monoisotopic (exact) mass is 412 g/mol. The molecule has 0 atom stereocenters. The van der Waals surface area contributed by atoms with Gasteiger partial charge in [-0.1, -0.05) is 18.2 Å². The quantitative estimate of drug-likeness (QED) is 0.354. The fourth-order valence-electron chi connectivity index (χ4n) is 2.76. The van der Waals surface area contributed by atoms with Crippen molar-refractivity contribution in [3.8, 4) is 11.8 Å². The molecule has 0 aliphatic rings. The number of benzene rings is 2. The number of hydrogen-bond donors (Lipinski definition) is 2. The van der Waals surface area contributed by atoms with Gasteiger partial charge in [-0.25, -0.2) is 9.38 Å². The van der Waals surface area contributed by atoms with Crippen LogP contribution in [0.15, 0.2) is 41.4 Å². The number of aliphatic imine (C=N–C) groups is 1. The number of ether oxygens (including phenoxy) is 2. The van der Waals surface area contributed by atoms with E-state index in [0.717, 1.165) is 23.3 Å². The number of nitriles is 1. The number of nitrogens with one attached hydrogen (secondary N) is 2. The molecule has 0 aliphatic carbocycles. The third-order valence-corrected chi connectivity index (χ3v) is 4.35. The van der Waals surface area contributed by atoms with Gasteiger partial charge < -0.3 is 20.1 Å². The highest BCUT2D eigenvalue weighted by molar-refractivity contribution is 5.79. The van der Waals surface area contributed by atoms with Crippen molar-refractivity contribution in [1.29, 1.82) is 5.26 Å². The molecule has 0 saturated carbocycles. The van der Waals surface area contributed by atoms with E-state index < -0.39 is 5.82 Å². The van der Waals surface area contributed by atoms with Crippen LogP contribution in [0, 0.1) is 24.1 Å². The minimum Gasteiger partial charge on any atom is -0.493 e. The highest BCUT2D eigenvalue weighted by Crippen LogP contribution is 2.21. The molecule has 160 valence electrons. The maximum Gasteiger partial charge on any atom is 0.191 e. The molecular weight excluding hydrogens is 383 g/mol. The molecule has 0 heterocycles. The van der Waals surface area contributed by atoms with Crippen molar-refractivity contribution in [2.75, 3.05) is 26.9 Å². The zero-order chi connectivity index (χ0) is 21.8. The second kappa shape index (κ2) is 12.5. The van der Waals surface area contributed by atoms with Crippen molar-refractivity contribution in [2.24, 2.45) is 4.99 Å². The minimum absolute atomic E-state index is 0.262. The van der Waals surface area contributed by atoms with Gasteiger partial charge in [0, 0.05) is 44.4 Å². The fourth-order valence-corrected chi connectivity index (χ4v) is 2.76. The number of halogens is 1. The number of aryl methyl sites for hydroxylation is 1. The summed E-state index contributed by atoms with van der Waals surface area (Å²) in [4.78, 5) is 4.61. The predicted molar refractivity (Wildman–Crippen MR) is 116 cm³/mol. The van der Waals surface area contributed by atoms with Gasteiger partial charge in [0.25, 0.3) is 0 Å². The SMILES string of the molecule is CCNC(=NCc1ccc(C)cc1OCCCOC)NCc1ccc(C#N)cc1F. The number of methoxy groups -OCH3 is 1. The molecule has 0 spiro atoms. The number of guanidine groups is 1. The first-order valence-electron chi connectivity index (χ1n) is 9.99. The van der Waals surface area contributed by atoms with E-state index in [2.05, 4.69) is 15.6 Å². The fraction of sp³-hybridized carbons (Fsp3) is 0.391. The first kappa shape index (κ1) is 23.2. The Balaban J connectivity index is 2.06. The number of rotatable bonds is 10. The van der Waals surface area contributed by atoms with Crippen LogP contribution in [0.25, 0.3) is 0 Å². The first-order chi connectivity index (χ1) is 14.6. The van der Waals surface area contributed by atoms with E-state index in [4.69, 9.17) is 14.7 Å². The summed E-state index contributed by atoms with van der Waals surface area (Å²) in [6, 6.07) is 12.4. The molecule has 6 nitrogen and oxygen atoms in total. The van der Waals surface area contributed by atoms with Crippen LogP contribution in [0.4, 0.5) is 4.39 Å². The van der Waals surface area contributed by atoms with Crippen LogP contribution in [0.3, 0.4) is 0 Å². The minimum atomic E-state index is -0.414. The Morgan fingerprint density at radius 2 is 1.93 bits per heavy atom. The second-order valence-corrected chi connectivity index (χ2v) is 6.77. The molecular formula is C23H29FN4O2. The normalized spacial score (nSPS) is 11.1. The average Bonchev–Trinajstić information content (AvgIpc) is 2.74. The number of nitrogens with zero attached hydrogens (tertiary/aromatic N) is 2. The van der Waals surface area contributed by atoms with E-state index in [1.807, 2.05) is 38.1 Å². The lowest BCUT2D eigenvalue weighted by Crippen LogP contribution is -2.37. The van der Waals surface area contributed by atoms with Crippen molar-refractivity contribution < 1.29 is 13.9 Å². The Morgan fingerprint density at radius 1 is 1.13 bits per heavy atom. The molecule has 0 radical (unpaired) electrons. The summed E-state index contributed by atoms with van der Waals surface area (Å²) in [5, 5.41) is 15.2. The van der Waals surface area contributed by atoms with Crippen LogP contribution in [0.2, 0.25) is 0 Å². The highest BCUT2D eigenvalue weighted by atomic mass is 19.1. The second-order valence-electron chi connectivity index (χ2n) is 6.77. The van der Waals surface area contributed by atoms with Gasteiger partial charge in [-0.05, 0) is 37.6 Å². The van der Waals surface area contributed by atoms with E-state index in [9.17, 15) is 4.39 Å². The topological polar surface area (TPSA) is 78.7 Å². The van der Waals surface area contributed by atoms with Gasteiger partial charge >= 0.3 is 0 Å². The maximum atomic E-state index is 14.1. The smallest absolute Gasteiger partial charge is 0.191 e.